The standard InChI is InChI=1S/C11H22N2O3/c1-4-13(9(2)7-15-3)10(14)11(12)5-6-16-8-11/h9H,4-8,12H2,1-3H3. The van der Waals surface area contributed by atoms with Crippen molar-refractivity contribution in [1.82, 2.24) is 4.90 Å². The van der Waals surface area contributed by atoms with Gasteiger partial charge in [-0.25, -0.2) is 0 Å². The number of nitrogens with two attached hydrogens (primary N) is 1. The van der Waals surface area contributed by atoms with Gasteiger partial charge in [-0.2, -0.15) is 0 Å². The van der Waals surface area contributed by atoms with Gasteiger partial charge >= 0.3 is 0 Å². The molecule has 1 aliphatic rings. The molecule has 16 heavy (non-hydrogen) atoms. The monoisotopic (exact) mass is 230 g/mol. The number of rotatable bonds is 5. The molecule has 2 atom stereocenters. The van der Waals surface area contributed by atoms with Gasteiger partial charge in [-0.05, 0) is 20.3 Å². The van der Waals surface area contributed by atoms with Crippen LogP contribution in [0, 0.1) is 0 Å². The second-order valence-electron chi connectivity index (χ2n) is 4.35. The summed E-state index contributed by atoms with van der Waals surface area (Å²) in [6, 6.07) is 0.0449. The second kappa shape index (κ2) is 5.61. The highest BCUT2D eigenvalue weighted by Gasteiger charge is 2.41. The van der Waals surface area contributed by atoms with Gasteiger partial charge in [0, 0.05) is 20.3 Å². The Morgan fingerprint density at radius 2 is 2.38 bits per heavy atom. The summed E-state index contributed by atoms with van der Waals surface area (Å²) in [6.07, 6.45) is 0.599. The lowest BCUT2D eigenvalue weighted by Gasteiger charge is -2.33. The van der Waals surface area contributed by atoms with E-state index in [1.54, 1.807) is 12.0 Å². The van der Waals surface area contributed by atoms with Crippen LogP contribution in [0.5, 0.6) is 0 Å². The van der Waals surface area contributed by atoms with Crippen molar-refractivity contribution in [2.45, 2.75) is 31.8 Å². The minimum Gasteiger partial charge on any atom is -0.383 e. The van der Waals surface area contributed by atoms with Crippen LogP contribution in [-0.2, 0) is 14.3 Å². The molecule has 0 aliphatic carbocycles. The number of ether oxygens (including phenoxy) is 2. The summed E-state index contributed by atoms with van der Waals surface area (Å²) >= 11 is 0. The molecule has 1 fully saturated rings. The summed E-state index contributed by atoms with van der Waals surface area (Å²) in [6.45, 7) is 5.96. The highest BCUT2D eigenvalue weighted by molar-refractivity contribution is 5.86. The molecule has 0 aromatic rings. The third kappa shape index (κ3) is 2.72. The Hall–Kier alpha value is -0.650. The van der Waals surface area contributed by atoms with E-state index in [2.05, 4.69) is 0 Å². The summed E-state index contributed by atoms with van der Waals surface area (Å²) in [5, 5.41) is 0. The molecule has 94 valence electrons. The second-order valence-corrected chi connectivity index (χ2v) is 4.35. The molecule has 0 saturated carbocycles. The van der Waals surface area contributed by atoms with E-state index in [0.29, 0.717) is 32.8 Å². The summed E-state index contributed by atoms with van der Waals surface area (Å²) in [7, 11) is 1.63. The minimum atomic E-state index is -0.835. The van der Waals surface area contributed by atoms with Crippen LogP contribution < -0.4 is 5.73 Å². The summed E-state index contributed by atoms with van der Waals surface area (Å²) < 4.78 is 10.3. The van der Waals surface area contributed by atoms with Crippen molar-refractivity contribution in [1.29, 1.82) is 0 Å². The molecular formula is C11H22N2O3. The van der Waals surface area contributed by atoms with E-state index >= 15 is 0 Å². The van der Waals surface area contributed by atoms with Crippen molar-refractivity contribution in [2.24, 2.45) is 5.73 Å². The molecule has 0 aromatic carbocycles. The predicted molar refractivity (Wildman–Crippen MR) is 61.1 cm³/mol. The molecule has 1 saturated heterocycles. The van der Waals surface area contributed by atoms with Crippen LogP contribution in [0.15, 0.2) is 0 Å². The SMILES string of the molecule is CCN(C(=O)C1(N)CCOC1)C(C)COC. The van der Waals surface area contributed by atoms with Crippen molar-refractivity contribution in [2.75, 3.05) is 33.5 Å². The van der Waals surface area contributed by atoms with E-state index in [4.69, 9.17) is 15.2 Å². The van der Waals surface area contributed by atoms with Crippen molar-refractivity contribution >= 4 is 5.91 Å². The molecule has 1 heterocycles. The zero-order valence-electron chi connectivity index (χ0n) is 10.4. The molecule has 2 unspecified atom stereocenters. The van der Waals surface area contributed by atoms with E-state index in [1.165, 1.54) is 0 Å². The third-order valence-electron chi connectivity index (χ3n) is 3.02. The molecule has 5 nitrogen and oxygen atoms in total. The quantitative estimate of drug-likeness (QED) is 0.721. The van der Waals surface area contributed by atoms with Crippen molar-refractivity contribution < 1.29 is 14.3 Å². The van der Waals surface area contributed by atoms with E-state index in [1.807, 2.05) is 13.8 Å². The highest BCUT2D eigenvalue weighted by atomic mass is 16.5. The number of hydrogen-bond acceptors (Lipinski definition) is 4. The molecule has 0 aromatic heterocycles. The first kappa shape index (κ1) is 13.4. The van der Waals surface area contributed by atoms with Gasteiger partial charge in [0.1, 0.15) is 5.54 Å². The number of nitrogens with zero attached hydrogens (tertiary/aromatic N) is 1. The van der Waals surface area contributed by atoms with Crippen molar-refractivity contribution in [3.05, 3.63) is 0 Å². The minimum absolute atomic E-state index is 0.0305. The largest absolute Gasteiger partial charge is 0.383 e. The summed E-state index contributed by atoms with van der Waals surface area (Å²) in [5.74, 6) is -0.0305. The van der Waals surface area contributed by atoms with Crippen LogP contribution in [0.25, 0.3) is 0 Å². The van der Waals surface area contributed by atoms with Gasteiger partial charge in [0.25, 0.3) is 0 Å². The number of hydrogen-bond donors (Lipinski definition) is 1. The smallest absolute Gasteiger partial charge is 0.245 e. The normalized spacial score (nSPS) is 26.8. The fraction of sp³-hybridized carbons (Fsp3) is 0.909. The van der Waals surface area contributed by atoms with Crippen LogP contribution in [-0.4, -0.2) is 55.9 Å². The van der Waals surface area contributed by atoms with Gasteiger partial charge in [0.2, 0.25) is 5.91 Å². The van der Waals surface area contributed by atoms with Gasteiger partial charge in [0.15, 0.2) is 0 Å². The lowest BCUT2D eigenvalue weighted by molar-refractivity contribution is -0.139. The first-order valence-electron chi connectivity index (χ1n) is 5.71. The zero-order chi connectivity index (χ0) is 12.2. The molecule has 0 radical (unpaired) electrons. The Kier molecular flexibility index (Phi) is 4.70. The van der Waals surface area contributed by atoms with Crippen LogP contribution in [0.4, 0.5) is 0 Å². The Labute approximate surface area is 96.9 Å². The van der Waals surface area contributed by atoms with Crippen molar-refractivity contribution in [3.8, 4) is 0 Å². The Balaban J connectivity index is 2.68. The first-order valence-corrected chi connectivity index (χ1v) is 5.71. The number of likely N-dealkylation sites (N-methyl/N-ethyl adjacent to an activating group) is 1. The molecule has 1 aliphatic heterocycles. The van der Waals surface area contributed by atoms with E-state index in [9.17, 15) is 4.79 Å². The zero-order valence-corrected chi connectivity index (χ0v) is 10.4. The number of carbonyl (C=O) groups is 1. The topological polar surface area (TPSA) is 64.8 Å². The molecule has 5 heteroatoms. The van der Waals surface area contributed by atoms with Crippen LogP contribution in [0.2, 0.25) is 0 Å². The average molecular weight is 230 g/mol. The molecule has 0 spiro atoms. The van der Waals surface area contributed by atoms with Crippen LogP contribution >= 0.6 is 0 Å². The maximum Gasteiger partial charge on any atom is 0.245 e. The number of carbonyl (C=O) groups excluding carboxylic acids is 1. The lowest BCUT2D eigenvalue weighted by atomic mass is 9.97. The average Bonchev–Trinajstić information content (AvgIpc) is 2.68. The summed E-state index contributed by atoms with van der Waals surface area (Å²) in [5.41, 5.74) is 5.22. The third-order valence-corrected chi connectivity index (χ3v) is 3.02. The molecular weight excluding hydrogens is 208 g/mol. The van der Waals surface area contributed by atoms with E-state index in [-0.39, 0.29) is 11.9 Å². The highest BCUT2D eigenvalue weighted by Crippen LogP contribution is 2.19. The summed E-state index contributed by atoms with van der Waals surface area (Å²) in [4.78, 5) is 14.0. The van der Waals surface area contributed by atoms with E-state index in [0.717, 1.165) is 0 Å². The fourth-order valence-corrected chi connectivity index (χ4v) is 2.02. The Bertz CT molecular complexity index is 239. The Morgan fingerprint density at radius 1 is 1.69 bits per heavy atom. The predicted octanol–water partition coefficient (Wildman–Crippen LogP) is -0.0124. The Morgan fingerprint density at radius 3 is 2.81 bits per heavy atom. The van der Waals surface area contributed by atoms with Crippen LogP contribution in [0.3, 0.4) is 0 Å². The van der Waals surface area contributed by atoms with Crippen LogP contribution in [0.1, 0.15) is 20.3 Å². The van der Waals surface area contributed by atoms with Gasteiger partial charge in [-0.3, -0.25) is 4.79 Å². The molecule has 2 N–H and O–H groups in total. The first-order chi connectivity index (χ1) is 7.55. The van der Waals surface area contributed by atoms with Gasteiger partial charge in [0.05, 0.1) is 19.3 Å². The van der Waals surface area contributed by atoms with Crippen molar-refractivity contribution in [3.63, 3.8) is 0 Å². The lowest BCUT2D eigenvalue weighted by Crippen LogP contribution is -2.58. The maximum atomic E-state index is 12.3. The maximum absolute atomic E-state index is 12.3. The molecule has 1 amide bonds. The fourth-order valence-electron chi connectivity index (χ4n) is 2.02. The molecule has 0 bridgehead atoms. The molecule has 1 rings (SSSR count). The van der Waals surface area contributed by atoms with Gasteiger partial charge in [-0.15, -0.1) is 0 Å². The van der Waals surface area contributed by atoms with E-state index < -0.39 is 5.54 Å². The van der Waals surface area contributed by atoms with Gasteiger partial charge < -0.3 is 20.1 Å². The van der Waals surface area contributed by atoms with Gasteiger partial charge in [-0.1, -0.05) is 0 Å². The number of amides is 1. The number of methoxy groups -OCH3 is 1.